The minimum absolute atomic E-state index is 0.0967. The molecule has 33 heavy (non-hydrogen) atoms. The Balaban J connectivity index is 1.39. The number of hydrogen-bond acceptors (Lipinski definition) is 6. The van der Waals surface area contributed by atoms with Crippen LogP contribution in [0.1, 0.15) is 15.9 Å². The molecule has 0 atom stereocenters. The summed E-state index contributed by atoms with van der Waals surface area (Å²) in [6.07, 6.45) is 1.27. The second-order valence-corrected chi connectivity index (χ2v) is 8.91. The molecule has 4 aromatic rings. The number of carbonyl (C=O) groups excluding carboxylic acids is 1. The van der Waals surface area contributed by atoms with Gasteiger partial charge in [0.15, 0.2) is 5.13 Å². The van der Waals surface area contributed by atoms with E-state index in [1.165, 1.54) is 29.7 Å². The predicted octanol–water partition coefficient (Wildman–Crippen LogP) is 6.98. The summed E-state index contributed by atoms with van der Waals surface area (Å²) in [5, 5.41) is 20.8. The number of hydrogen-bond donors (Lipinski definition) is 3. The van der Waals surface area contributed by atoms with Gasteiger partial charge in [-0.05, 0) is 48.5 Å². The molecule has 166 valence electrons. The largest absolute Gasteiger partial charge is 0.506 e. The minimum Gasteiger partial charge on any atom is -0.506 e. The van der Waals surface area contributed by atoms with Crippen LogP contribution in [0.15, 0.2) is 71.1 Å². The summed E-state index contributed by atoms with van der Waals surface area (Å²) in [4.78, 5) is 16.9. The number of anilines is 2. The van der Waals surface area contributed by atoms with Gasteiger partial charge in [-0.1, -0.05) is 46.9 Å². The number of aromatic hydroxyl groups is 1. The van der Waals surface area contributed by atoms with Crippen molar-refractivity contribution in [2.24, 2.45) is 5.10 Å². The third-order valence-corrected chi connectivity index (χ3v) is 5.99. The second-order valence-electron chi connectivity index (χ2n) is 6.77. The number of phenolic OH excluding ortho intramolecular Hbond substituents is 1. The van der Waals surface area contributed by atoms with Crippen molar-refractivity contribution in [3.63, 3.8) is 0 Å². The van der Waals surface area contributed by atoms with Crippen molar-refractivity contribution in [1.29, 1.82) is 0 Å². The lowest BCUT2D eigenvalue weighted by Gasteiger charge is -2.04. The average molecular weight is 518 g/mol. The number of amides is 1. The van der Waals surface area contributed by atoms with Crippen molar-refractivity contribution in [1.82, 2.24) is 10.4 Å². The first-order valence-corrected chi connectivity index (χ1v) is 11.5. The molecule has 4 rings (SSSR count). The van der Waals surface area contributed by atoms with Gasteiger partial charge in [0.1, 0.15) is 5.75 Å². The van der Waals surface area contributed by atoms with Crippen molar-refractivity contribution >= 4 is 69.1 Å². The summed E-state index contributed by atoms with van der Waals surface area (Å²) < 4.78 is 0. The SMILES string of the molecule is O=C(N/N=C\c1cc(Cl)cc(Cl)c1O)c1ccc(-c2csc(Nc3ccc(Cl)cc3)n2)cc1. The molecular weight excluding hydrogens is 503 g/mol. The van der Waals surface area contributed by atoms with Crippen LogP contribution in [0.5, 0.6) is 5.75 Å². The molecule has 0 aliphatic carbocycles. The van der Waals surface area contributed by atoms with Crippen LogP contribution >= 0.6 is 46.1 Å². The Labute approximate surface area is 208 Å². The Bertz CT molecular complexity index is 1320. The first kappa shape index (κ1) is 23.1. The molecule has 0 fully saturated rings. The molecule has 0 saturated carbocycles. The highest BCUT2D eigenvalue weighted by Crippen LogP contribution is 2.30. The number of carbonyl (C=O) groups is 1. The van der Waals surface area contributed by atoms with Crippen LogP contribution in [0.4, 0.5) is 10.8 Å². The molecular formula is C23H15Cl3N4O2S. The van der Waals surface area contributed by atoms with E-state index >= 15 is 0 Å². The minimum atomic E-state index is -0.409. The molecule has 0 aliphatic rings. The summed E-state index contributed by atoms with van der Waals surface area (Å²) in [7, 11) is 0. The maximum atomic E-state index is 12.4. The van der Waals surface area contributed by atoms with E-state index in [0.717, 1.165) is 22.1 Å². The summed E-state index contributed by atoms with van der Waals surface area (Å²) in [5.74, 6) is -0.578. The number of nitrogens with one attached hydrogen (secondary N) is 2. The summed E-state index contributed by atoms with van der Waals surface area (Å²) >= 11 is 19.2. The number of hydrazone groups is 1. The molecule has 0 bridgehead atoms. The highest BCUT2D eigenvalue weighted by atomic mass is 35.5. The third-order valence-electron chi connectivity index (χ3n) is 4.47. The normalized spacial score (nSPS) is 11.0. The second kappa shape index (κ2) is 10.2. The molecule has 10 heteroatoms. The van der Waals surface area contributed by atoms with Gasteiger partial charge in [-0.25, -0.2) is 10.4 Å². The molecule has 0 saturated heterocycles. The highest BCUT2D eigenvalue weighted by molar-refractivity contribution is 7.14. The van der Waals surface area contributed by atoms with Crippen LogP contribution < -0.4 is 10.7 Å². The van der Waals surface area contributed by atoms with E-state index in [9.17, 15) is 9.90 Å². The van der Waals surface area contributed by atoms with Gasteiger partial charge in [0, 0.05) is 37.8 Å². The molecule has 0 radical (unpaired) electrons. The molecule has 6 nitrogen and oxygen atoms in total. The molecule has 1 heterocycles. The van der Waals surface area contributed by atoms with E-state index in [1.54, 1.807) is 24.3 Å². The fourth-order valence-electron chi connectivity index (χ4n) is 2.82. The van der Waals surface area contributed by atoms with Crippen LogP contribution in [0.25, 0.3) is 11.3 Å². The van der Waals surface area contributed by atoms with Crippen LogP contribution in [-0.2, 0) is 0 Å². The average Bonchev–Trinajstić information content (AvgIpc) is 3.27. The van der Waals surface area contributed by atoms with Crippen molar-refractivity contribution in [3.8, 4) is 17.0 Å². The Hall–Kier alpha value is -3.10. The van der Waals surface area contributed by atoms with Crippen molar-refractivity contribution < 1.29 is 9.90 Å². The number of rotatable bonds is 6. The van der Waals surface area contributed by atoms with Crippen LogP contribution in [0.3, 0.4) is 0 Å². The van der Waals surface area contributed by atoms with Crippen molar-refractivity contribution in [2.75, 3.05) is 5.32 Å². The quantitative estimate of drug-likeness (QED) is 0.190. The molecule has 0 aliphatic heterocycles. The smallest absolute Gasteiger partial charge is 0.271 e. The Morgan fingerprint density at radius 1 is 1.00 bits per heavy atom. The van der Waals surface area contributed by atoms with Gasteiger partial charge in [0.2, 0.25) is 0 Å². The van der Waals surface area contributed by atoms with E-state index in [4.69, 9.17) is 34.8 Å². The van der Waals surface area contributed by atoms with Crippen LogP contribution in [-0.4, -0.2) is 22.2 Å². The summed E-state index contributed by atoms with van der Waals surface area (Å²) in [5.41, 5.74) is 5.66. The highest BCUT2D eigenvalue weighted by Gasteiger charge is 2.09. The van der Waals surface area contributed by atoms with Gasteiger partial charge in [0.05, 0.1) is 16.9 Å². The van der Waals surface area contributed by atoms with E-state index in [-0.39, 0.29) is 16.3 Å². The van der Waals surface area contributed by atoms with Crippen molar-refractivity contribution in [3.05, 3.63) is 92.2 Å². The number of thiazole rings is 1. The number of halogens is 3. The topological polar surface area (TPSA) is 86.6 Å². The summed E-state index contributed by atoms with van der Waals surface area (Å²) in [6.45, 7) is 0. The third kappa shape index (κ3) is 5.83. The van der Waals surface area contributed by atoms with Gasteiger partial charge in [-0.15, -0.1) is 11.3 Å². The summed E-state index contributed by atoms with van der Waals surface area (Å²) in [6, 6.07) is 17.2. The van der Waals surface area contributed by atoms with Gasteiger partial charge < -0.3 is 10.4 Å². The van der Waals surface area contributed by atoms with Crippen molar-refractivity contribution in [2.45, 2.75) is 0 Å². The molecule has 0 spiro atoms. The molecule has 3 N–H and O–H groups in total. The number of benzene rings is 3. The zero-order chi connectivity index (χ0) is 23.4. The molecule has 1 amide bonds. The molecule has 0 unspecified atom stereocenters. The molecule has 1 aromatic heterocycles. The van der Waals surface area contributed by atoms with Gasteiger partial charge in [-0.2, -0.15) is 5.10 Å². The van der Waals surface area contributed by atoms with Crippen LogP contribution in [0.2, 0.25) is 15.1 Å². The molecule has 3 aromatic carbocycles. The van der Waals surface area contributed by atoms with E-state index in [2.05, 4.69) is 20.8 Å². The number of nitrogens with zero attached hydrogens (tertiary/aromatic N) is 2. The first-order chi connectivity index (χ1) is 15.9. The fourth-order valence-corrected chi connectivity index (χ4v) is 4.20. The van der Waals surface area contributed by atoms with Gasteiger partial charge in [0.25, 0.3) is 5.91 Å². The monoisotopic (exact) mass is 516 g/mol. The Kier molecular flexibility index (Phi) is 7.15. The Morgan fingerprint density at radius 2 is 1.73 bits per heavy atom. The first-order valence-electron chi connectivity index (χ1n) is 9.49. The van der Waals surface area contributed by atoms with E-state index in [1.807, 2.05) is 29.6 Å². The van der Waals surface area contributed by atoms with Gasteiger partial charge >= 0.3 is 0 Å². The fraction of sp³-hybridized carbons (Fsp3) is 0. The van der Waals surface area contributed by atoms with E-state index in [0.29, 0.717) is 15.6 Å². The van der Waals surface area contributed by atoms with E-state index < -0.39 is 5.91 Å². The lowest BCUT2D eigenvalue weighted by molar-refractivity contribution is 0.0955. The number of phenols is 1. The lowest BCUT2D eigenvalue weighted by Crippen LogP contribution is -2.17. The number of aromatic nitrogens is 1. The van der Waals surface area contributed by atoms with Gasteiger partial charge in [-0.3, -0.25) is 4.79 Å². The maximum Gasteiger partial charge on any atom is 0.271 e. The predicted molar refractivity (Wildman–Crippen MR) is 135 cm³/mol. The maximum absolute atomic E-state index is 12.4. The Morgan fingerprint density at radius 3 is 2.45 bits per heavy atom. The lowest BCUT2D eigenvalue weighted by atomic mass is 10.1. The zero-order valence-electron chi connectivity index (χ0n) is 16.7. The van der Waals surface area contributed by atoms with Crippen LogP contribution in [0, 0.1) is 0 Å². The standard InChI is InChI=1S/C23H15Cl3N4O2S/c24-16-5-7-18(8-6-16)28-23-29-20(12-33-23)13-1-3-14(4-2-13)22(32)30-27-11-15-9-17(25)10-19(26)21(15)31/h1-12,31H,(H,28,29)(H,30,32)/b27-11-. The zero-order valence-corrected chi connectivity index (χ0v) is 19.8.